The van der Waals surface area contributed by atoms with Crippen LogP contribution in [-0.2, 0) is 12.0 Å². The molecule has 0 spiro atoms. The molecule has 1 aromatic rings. The molecule has 0 bridgehead atoms. The molecule has 1 atom stereocenters. The van der Waals surface area contributed by atoms with E-state index in [1.165, 1.54) is 26.0 Å². The average Bonchev–Trinajstić information content (AvgIpc) is 3.04. The summed E-state index contributed by atoms with van der Waals surface area (Å²) in [5.74, 6) is -0.175. The van der Waals surface area contributed by atoms with Gasteiger partial charge in [-0.3, -0.25) is 0 Å². The highest BCUT2D eigenvalue weighted by Crippen LogP contribution is 2.55. The van der Waals surface area contributed by atoms with Gasteiger partial charge in [0.1, 0.15) is 5.60 Å². The first-order valence-electron chi connectivity index (χ1n) is 8.19. The maximum atomic E-state index is 14.1. The number of nitrogens with zero attached hydrogens (tertiary/aromatic N) is 1. The zero-order valence-electron chi connectivity index (χ0n) is 13.8. The first-order valence-corrected chi connectivity index (χ1v) is 8.19. The number of hydrogen-bond acceptors (Lipinski definition) is 3. The molecule has 3 rings (SSSR count). The molecule has 2 aliphatic rings. The summed E-state index contributed by atoms with van der Waals surface area (Å²) in [6, 6.07) is 3.24. The molecule has 0 radical (unpaired) electrons. The summed E-state index contributed by atoms with van der Waals surface area (Å²) >= 11 is 0. The summed E-state index contributed by atoms with van der Waals surface area (Å²) in [6.45, 7) is 7.18. The van der Waals surface area contributed by atoms with Crippen molar-refractivity contribution in [2.75, 3.05) is 26.7 Å². The molecule has 1 unspecified atom stereocenters. The van der Waals surface area contributed by atoms with Gasteiger partial charge in [0, 0.05) is 17.5 Å². The SMILES string of the molecule is COc1c(F)ccc2c1C(O)(CCN1CCCC1)C(C)(C)C2. The first kappa shape index (κ1) is 15.8. The third kappa shape index (κ3) is 2.33. The van der Waals surface area contributed by atoms with E-state index in [1.807, 2.05) is 0 Å². The largest absolute Gasteiger partial charge is 0.493 e. The molecule has 0 amide bonds. The Morgan fingerprint density at radius 2 is 1.95 bits per heavy atom. The van der Waals surface area contributed by atoms with Crippen LogP contribution in [0.3, 0.4) is 0 Å². The molecule has 1 aliphatic heterocycles. The lowest BCUT2D eigenvalue weighted by molar-refractivity contribution is -0.0720. The number of hydrogen-bond donors (Lipinski definition) is 1. The van der Waals surface area contributed by atoms with Crippen LogP contribution in [0.5, 0.6) is 5.75 Å². The molecular weight excluding hydrogens is 281 g/mol. The molecule has 3 nitrogen and oxygen atoms in total. The van der Waals surface area contributed by atoms with Gasteiger partial charge in [-0.05, 0) is 50.4 Å². The molecule has 1 heterocycles. The highest BCUT2D eigenvalue weighted by Gasteiger charge is 2.53. The normalized spacial score (nSPS) is 27.1. The van der Waals surface area contributed by atoms with E-state index >= 15 is 0 Å². The van der Waals surface area contributed by atoms with Gasteiger partial charge in [-0.1, -0.05) is 19.9 Å². The maximum Gasteiger partial charge on any atom is 0.165 e. The van der Waals surface area contributed by atoms with Crippen molar-refractivity contribution in [1.29, 1.82) is 0 Å². The van der Waals surface area contributed by atoms with Crippen molar-refractivity contribution in [2.24, 2.45) is 5.41 Å². The number of ether oxygens (including phenoxy) is 1. The molecule has 1 saturated heterocycles. The predicted molar refractivity (Wildman–Crippen MR) is 84.6 cm³/mol. The Bertz CT molecular complexity index is 566. The number of rotatable bonds is 4. The lowest BCUT2D eigenvalue weighted by Gasteiger charge is -2.39. The molecule has 1 aliphatic carbocycles. The second kappa shape index (κ2) is 5.50. The van der Waals surface area contributed by atoms with Gasteiger partial charge in [0.15, 0.2) is 11.6 Å². The van der Waals surface area contributed by atoms with Crippen LogP contribution in [0, 0.1) is 11.2 Å². The Hall–Kier alpha value is -1.13. The van der Waals surface area contributed by atoms with E-state index in [1.54, 1.807) is 6.07 Å². The van der Waals surface area contributed by atoms with E-state index in [9.17, 15) is 9.50 Å². The van der Waals surface area contributed by atoms with Crippen LogP contribution in [0.25, 0.3) is 0 Å². The first-order chi connectivity index (χ1) is 10.4. The summed E-state index contributed by atoms with van der Waals surface area (Å²) < 4.78 is 19.4. The van der Waals surface area contributed by atoms with Crippen LogP contribution in [0.15, 0.2) is 12.1 Å². The number of benzene rings is 1. The minimum atomic E-state index is -1.04. The van der Waals surface area contributed by atoms with Gasteiger partial charge in [0.25, 0.3) is 0 Å². The zero-order chi connectivity index (χ0) is 16.0. The number of methoxy groups -OCH3 is 1. The number of likely N-dealkylation sites (tertiary alicyclic amines) is 1. The molecule has 22 heavy (non-hydrogen) atoms. The summed E-state index contributed by atoms with van der Waals surface area (Å²) in [6.07, 6.45) is 3.83. The summed E-state index contributed by atoms with van der Waals surface area (Å²) in [5, 5.41) is 11.5. The number of aliphatic hydroxyl groups is 1. The van der Waals surface area contributed by atoms with Gasteiger partial charge in [-0.2, -0.15) is 0 Å². The summed E-state index contributed by atoms with van der Waals surface area (Å²) in [7, 11) is 1.48. The molecule has 0 aromatic heterocycles. The van der Waals surface area contributed by atoms with Crippen LogP contribution < -0.4 is 4.74 Å². The van der Waals surface area contributed by atoms with Crippen molar-refractivity contribution in [3.63, 3.8) is 0 Å². The molecule has 4 heteroatoms. The second-order valence-electron chi connectivity index (χ2n) is 7.33. The third-order valence-corrected chi connectivity index (χ3v) is 5.55. The van der Waals surface area contributed by atoms with Crippen molar-refractivity contribution >= 4 is 0 Å². The Balaban J connectivity index is 1.97. The van der Waals surface area contributed by atoms with Crippen LogP contribution in [0.4, 0.5) is 4.39 Å². The molecule has 0 saturated carbocycles. The second-order valence-corrected chi connectivity index (χ2v) is 7.33. The van der Waals surface area contributed by atoms with Gasteiger partial charge < -0.3 is 14.7 Å². The van der Waals surface area contributed by atoms with E-state index in [0.29, 0.717) is 12.0 Å². The van der Waals surface area contributed by atoms with Crippen LogP contribution >= 0.6 is 0 Å². The maximum absolute atomic E-state index is 14.1. The Morgan fingerprint density at radius 3 is 2.59 bits per heavy atom. The standard InChI is InChI=1S/C18H26FNO2/c1-17(2)12-13-6-7-14(19)16(22-3)15(13)18(17,21)8-11-20-9-4-5-10-20/h6-7,21H,4-5,8-12H2,1-3H3. The van der Waals surface area contributed by atoms with Gasteiger partial charge in [-0.25, -0.2) is 4.39 Å². The van der Waals surface area contributed by atoms with Crippen molar-refractivity contribution in [3.05, 3.63) is 29.1 Å². The van der Waals surface area contributed by atoms with Crippen LogP contribution in [0.2, 0.25) is 0 Å². The smallest absolute Gasteiger partial charge is 0.165 e. The van der Waals surface area contributed by atoms with E-state index < -0.39 is 11.4 Å². The number of fused-ring (bicyclic) bond motifs is 1. The van der Waals surface area contributed by atoms with E-state index in [-0.39, 0.29) is 11.2 Å². The fraction of sp³-hybridized carbons (Fsp3) is 0.667. The Kier molecular flexibility index (Phi) is 3.94. The Morgan fingerprint density at radius 1 is 1.27 bits per heavy atom. The Labute approximate surface area is 132 Å². The third-order valence-electron chi connectivity index (χ3n) is 5.55. The zero-order valence-corrected chi connectivity index (χ0v) is 13.8. The highest BCUT2D eigenvalue weighted by molar-refractivity contribution is 5.50. The van der Waals surface area contributed by atoms with Crippen molar-refractivity contribution in [1.82, 2.24) is 4.90 Å². The van der Waals surface area contributed by atoms with Gasteiger partial charge in [0.05, 0.1) is 7.11 Å². The van der Waals surface area contributed by atoms with E-state index in [4.69, 9.17) is 4.74 Å². The minimum Gasteiger partial charge on any atom is -0.493 e. The molecule has 1 N–H and O–H groups in total. The molecule has 122 valence electrons. The molecular formula is C18H26FNO2. The molecule has 1 fully saturated rings. The van der Waals surface area contributed by atoms with Gasteiger partial charge in [-0.15, -0.1) is 0 Å². The quantitative estimate of drug-likeness (QED) is 0.928. The lowest BCUT2D eigenvalue weighted by Crippen LogP contribution is -2.41. The topological polar surface area (TPSA) is 32.7 Å². The van der Waals surface area contributed by atoms with Crippen molar-refractivity contribution in [3.8, 4) is 5.75 Å². The lowest BCUT2D eigenvalue weighted by atomic mass is 9.73. The van der Waals surface area contributed by atoms with Crippen molar-refractivity contribution < 1.29 is 14.2 Å². The monoisotopic (exact) mass is 307 g/mol. The summed E-state index contributed by atoms with van der Waals surface area (Å²) in [4.78, 5) is 2.39. The van der Waals surface area contributed by atoms with Crippen molar-refractivity contribution in [2.45, 2.75) is 45.1 Å². The average molecular weight is 307 g/mol. The predicted octanol–water partition coefficient (Wildman–Crippen LogP) is 3.09. The van der Waals surface area contributed by atoms with Gasteiger partial charge >= 0.3 is 0 Å². The minimum absolute atomic E-state index is 0.215. The van der Waals surface area contributed by atoms with E-state index in [2.05, 4.69) is 18.7 Å². The van der Waals surface area contributed by atoms with E-state index in [0.717, 1.165) is 31.6 Å². The van der Waals surface area contributed by atoms with Gasteiger partial charge in [0.2, 0.25) is 0 Å². The van der Waals surface area contributed by atoms with Crippen LogP contribution in [-0.4, -0.2) is 36.8 Å². The highest BCUT2D eigenvalue weighted by atomic mass is 19.1. The summed E-state index contributed by atoms with van der Waals surface area (Å²) in [5.41, 5.74) is 0.306. The number of halogens is 1. The van der Waals surface area contributed by atoms with Crippen LogP contribution in [0.1, 0.15) is 44.2 Å². The fourth-order valence-electron chi connectivity index (χ4n) is 4.15. The molecule has 1 aromatic carbocycles. The fourth-order valence-corrected chi connectivity index (χ4v) is 4.15.